The highest BCUT2D eigenvalue weighted by Crippen LogP contribution is 2.33. The van der Waals surface area contributed by atoms with Crippen LogP contribution in [0.1, 0.15) is 82.7 Å². The smallest absolute Gasteiger partial charge is 0.280 e. The number of amides is 2. The second kappa shape index (κ2) is 15.3. The lowest BCUT2D eigenvalue weighted by molar-refractivity contribution is 0.0734. The van der Waals surface area contributed by atoms with E-state index >= 15 is 0 Å². The van der Waals surface area contributed by atoms with Gasteiger partial charge in [0, 0.05) is 24.3 Å². The number of benzene rings is 5. The minimum Gasteiger partial charge on any atom is -0.373 e. The van der Waals surface area contributed by atoms with Crippen molar-refractivity contribution in [2.75, 3.05) is 11.4 Å². The van der Waals surface area contributed by atoms with Crippen molar-refractivity contribution >= 4 is 49.9 Å². The molecule has 0 saturated carbocycles. The molecule has 288 valence electrons. The minimum atomic E-state index is -4.19. The van der Waals surface area contributed by atoms with Crippen LogP contribution in [-0.4, -0.2) is 52.1 Å². The minimum absolute atomic E-state index is 0.0104. The van der Waals surface area contributed by atoms with Crippen LogP contribution in [0.15, 0.2) is 114 Å². The van der Waals surface area contributed by atoms with Gasteiger partial charge in [0.05, 0.1) is 26.9 Å². The van der Waals surface area contributed by atoms with Gasteiger partial charge in [0.25, 0.3) is 11.8 Å². The number of carbonyl (C=O) groups excluding carboxylic acids is 2. The summed E-state index contributed by atoms with van der Waals surface area (Å²) in [5.74, 6) is -0.767. The van der Waals surface area contributed by atoms with Gasteiger partial charge in [-0.05, 0) is 110 Å². The molecule has 2 N–H and O–H groups in total. The summed E-state index contributed by atoms with van der Waals surface area (Å²) in [6, 6.07) is 32.4. The number of hydrogen-bond donors (Lipinski definition) is 2. The monoisotopic (exact) mass is 789 g/mol. The molecule has 7 rings (SSSR count). The fraction of sp³-hybridized carbons (Fsp3) is 0.250. The predicted molar refractivity (Wildman–Crippen MR) is 220 cm³/mol. The summed E-state index contributed by atoms with van der Waals surface area (Å²) in [6.07, 6.45) is -0.192. The Bertz CT molecular complexity index is 2580. The zero-order valence-corrected chi connectivity index (χ0v) is 33.5. The molecular weight excluding hydrogens is 746 g/mol. The van der Waals surface area contributed by atoms with Crippen molar-refractivity contribution in [1.82, 2.24) is 19.4 Å². The Kier molecular flexibility index (Phi) is 10.6. The van der Waals surface area contributed by atoms with E-state index in [9.17, 15) is 23.1 Å². The zero-order valence-electron chi connectivity index (χ0n) is 32.0. The van der Waals surface area contributed by atoms with Crippen molar-refractivity contribution in [3.05, 3.63) is 153 Å². The normalized spacial score (nSPS) is 13.7. The van der Waals surface area contributed by atoms with E-state index in [1.54, 1.807) is 34.9 Å². The maximum atomic E-state index is 14.6. The van der Waals surface area contributed by atoms with E-state index in [4.69, 9.17) is 16.7 Å². The van der Waals surface area contributed by atoms with E-state index in [1.165, 1.54) is 22.9 Å². The van der Waals surface area contributed by atoms with Crippen molar-refractivity contribution in [2.45, 2.75) is 70.7 Å². The van der Waals surface area contributed by atoms with E-state index in [1.807, 2.05) is 93.6 Å². The molecule has 0 fully saturated rings. The van der Waals surface area contributed by atoms with Crippen LogP contribution in [0, 0.1) is 6.92 Å². The summed E-state index contributed by atoms with van der Waals surface area (Å²) in [5, 5.41) is 17.9. The van der Waals surface area contributed by atoms with Crippen LogP contribution in [-0.2, 0) is 29.4 Å². The topological polar surface area (TPSA) is 125 Å². The lowest BCUT2D eigenvalue weighted by atomic mass is 9.98. The Morgan fingerprint density at radius 2 is 1.59 bits per heavy atom. The summed E-state index contributed by atoms with van der Waals surface area (Å²) in [7, 11) is -4.19. The van der Waals surface area contributed by atoms with E-state index in [0.717, 1.165) is 33.9 Å². The Morgan fingerprint density at radius 1 is 0.911 bits per heavy atom. The summed E-state index contributed by atoms with van der Waals surface area (Å²) >= 11 is 6.93. The number of hydrogen-bond acceptors (Lipinski definition) is 6. The number of rotatable bonds is 9. The Labute approximate surface area is 332 Å². The summed E-state index contributed by atoms with van der Waals surface area (Å²) < 4.78 is 30.9. The first kappa shape index (κ1) is 38.9. The molecule has 56 heavy (non-hydrogen) atoms. The van der Waals surface area contributed by atoms with Gasteiger partial charge in [0.1, 0.15) is 6.23 Å². The number of aromatic nitrogens is 2. The number of carbonyl (C=O) groups is 2. The van der Waals surface area contributed by atoms with E-state index < -0.39 is 27.7 Å². The fourth-order valence-corrected chi connectivity index (χ4v) is 8.48. The molecule has 1 atom stereocenters. The summed E-state index contributed by atoms with van der Waals surface area (Å²) in [5.41, 5.74) is 4.40. The van der Waals surface area contributed by atoms with Crippen molar-refractivity contribution in [2.24, 2.45) is 0 Å². The molecule has 1 aliphatic rings. The van der Waals surface area contributed by atoms with Crippen LogP contribution < -0.4 is 9.62 Å². The highest BCUT2D eigenvalue weighted by atomic mass is 35.5. The number of nitrogens with zero attached hydrogens (tertiary/aromatic N) is 4. The van der Waals surface area contributed by atoms with Crippen molar-refractivity contribution in [1.29, 1.82) is 0 Å². The third-order valence-corrected chi connectivity index (χ3v) is 12.1. The standard InChI is InChI=1S/C44H44ClN5O5S/c1-6-29-15-19-35(20-16-29)49(44(3,4)5)43(53)40-39(45)28(2)50(46-40)38-22-18-33(26-37(38)42(52)48-24-23-31-12-8-10-14-34(31)27-48)41(51)47-56(54,55)36-21-17-30-11-7-9-13-32(30)25-36/h7-22,25-26,41,47,51H,6,23-24,27H2,1-5H3. The molecule has 2 heterocycles. The van der Waals surface area contributed by atoms with E-state index in [0.29, 0.717) is 36.6 Å². The van der Waals surface area contributed by atoms with Crippen molar-refractivity contribution < 1.29 is 23.1 Å². The number of fused-ring (bicyclic) bond motifs is 2. The lowest BCUT2D eigenvalue weighted by Crippen LogP contribution is -2.46. The maximum Gasteiger partial charge on any atom is 0.280 e. The van der Waals surface area contributed by atoms with Crippen LogP contribution in [0.2, 0.25) is 5.02 Å². The predicted octanol–water partition coefficient (Wildman–Crippen LogP) is 8.16. The number of anilines is 1. The third-order valence-electron chi connectivity index (χ3n) is 10.2. The summed E-state index contributed by atoms with van der Waals surface area (Å²) in [4.78, 5) is 32.3. The van der Waals surface area contributed by atoms with E-state index in [2.05, 4.69) is 11.6 Å². The van der Waals surface area contributed by atoms with Crippen molar-refractivity contribution in [3.8, 4) is 5.69 Å². The van der Waals surface area contributed by atoms with Crippen molar-refractivity contribution in [3.63, 3.8) is 0 Å². The Balaban J connectivity index is 1.28. The van der Waals surface area contributed by atoms with Crippen LogP contribution in [0.3, 0.4) is 0 Å². The van der Waals surface area contributed by atoms with Crippen LogP contribution in [0.5, 0.6) is 0 Å². The van der Waals surface area contributed by atoms with Gasteiger partial charge in [0.15, 0.2) is 5.69 Å². The van der Waals surface area contributed by atoms with E-state index in [-0.39, 0.29) is 32.6 Å². The van der Waals surface area contributed by atoms with Crippen LogP contribution in [0.25, 0.3) is 16.5 Å². The largest absolute Gasteiger partial charge is 0.373 e. The second-order valence-electron chi connectivity index (χ2n) is 15.0. The number of halogens is 1. The molecule has 6 aromatic rings. The quantitative estimate of drug-likeness (QED) is 0.143. The van der Waals surface area contributed by atoms with Gasteiger partial charge in [-0.15, -0.1) is 0 Å². The molecule has 1 aromatic heterocycles. The molecule has 5 aromatic carbocycles. The Morgan fingerprint density at radius 3 is 2.29 bits per heavy atom. The molecule has 0 spiro atoms. The lowest BCUT2D eigenvalue weighted by Gasteiger charge is -2.35. The number of sulfonamides is 1. The average molecular weight is 790 g/mol. The number of aliphatic hydroxyl groups is 1. The van der Waals surface area contributed by atoms with Gasteiger partial charge < -0.3 is 14.9 Å². The third kappa shape index (κ3) is 7.60. The fourth-order valence-electron chi connectivity index (χ4n) is 7.19. The molecule has 1 aliphatic heterocycles. The van der Waals surface area contributed by atoms with Crippen LogP contribution in [0.4, 0.5) is 5.69 Å². The molecule has 12 heteroatoms. The molecule has 10 nitrogen and oxygen atoms in total. The van der Waals surface area contributed by atoms with Gasteiger partial charge in [0.2, 0.25) is 10.0 Å². The first-order valence-corrected chi connectivity index (χ1v) is 20.4. The number of nitrogens with one attached hydrogen (secondary N) is 1. The van der Waals surface area contributed by atoms with Gasteiger partial charge in [-0.1, -0.05) is 91.3 Å². The second-order valence-corrected chi connectivity index (χ2v) is 17.1. The average Bonchev–Trinajstić information content (AvgIpc) is 3.49. The molecular formula is C44H44ClN5O5S. The molecule has 0 radical (unpaired) electrons. The number of aliphatic hydroxyl groups excluding tert-OH is 1. The van der Waals surface area contributed by atoms with Gasteiger partial charge in [-0.25, -0.2) is 13.1 Å². The van der Waals surface area contributed by atoms with Gasteiger partial charge >= 0.3 is 0 Å². The molecule has 2 amide bonds. The van der Waals surface area contributed by atoms with Crippen LogP contribution >= 0.6 is 11.6 Å². The molecule has 0 bridgehead atoms. The SMILES string of the molecule is CCc1ccc(N(C(=O)c2nn(-c3ccc(C(O)NS(=O)(=O)c4ccc5ccccc5c4)cc3C(=O)N3CCc4ccccc4C3)c(C)c2Cl)C(C)(C)C)cc1. The highest BCUT2D eigenvalue weighted by Gasteiger charge is 2.34. The molecule has 1 unspecified atom stereocenters. The Hall–Kier alpha value is -5.33. The number of aryl methyl sites for hydroxylation is 1. The zero-order chi connectivity index (χ0) is 39.9. The molecule has 0 aliphatic carbocycles. The first-order chi connectivity index (χ1) is 26.7. The first-order valence-electron chi connectivity index (χ1n) is 18.5. The molecule has 0 saturated heterocycles. The maximum absolute atomic E-state index is 14.6. The van der Waals surface area contributed by atoms with Gasteiger partial charge in [-0.3, -0.25) is 9.59 Å². The summed E-state index contributed by atoms with van der Waals surface area (Å²) in [6.45, 7) is 10.4. The van der Waals surface area contributed by atoms with Gasteiger partial charge in [-0.2, -0.15) is 9.82 Å². The highest BCUT2D eigenvalue weighted by molar-refractivity contribution is 7.89.